The molecule has 1 atom stereocenters. The van der Waals surface area contributed by atoms with Crippen LogP contribution >= 0.6 is 0 Å². The molecule has 0 spiro atoms. The van der Waals surface area contributed by atoms with Crippen molar-refractivity contribution in [3.05, 3.63) is 42.2 Å². The average Bonchev–Trinajstić information content (AvgIpc) is 2.39. The maximum atomic E-state index is 4.40. The number of hydrogen-bond acceptors (Lipinski definition) is 4. The van der Waals surface area contributed by atoms with E-state index in [4.69, 9.17) is 0 Å². The third kappa shape index (κ3) is 3.95. The molecule has 0 bridgehead atoms. The Kier molecular flexibility index (Phi) is 4.34. The first-order valence-corrected chi connectivity index (χ1v) is 6.61. The molecular weight excluding hydrogens is 236 g/mol. The Labute approximate surface area is 114 Å². The summed E-state index contributed by atoms with van der Waals surface area (Å²) in [6.07, 6.45) is 1.06. The normalized spacial score (nSPS) is 11.9. The number of anilines is 3. The Hall–Kier alpha value is -2.10. The van der Waals surface area contributed by atoms with Gasteiger partial charge in [-0.1, -0.05) is 25.1 Å². The molecule has 0 aliphatic heterocycles. The Balaban J connectivity index is 2.17. The van der Waals surface area contributed by atoms with Gasteiger partial charge in [0, 0.05) is 17.8 Å². The molecule has 0 amide bonds. The summed E-state index contributed by atoms with van der Waals surface area (Å²) < 4.78 is 0. The molecule has 0 saturated carbocycles. The van der Waals surface area contributed by atoms with Crippen molar-refractivity contribution in [1.82, 2.24) is 9.97 Å². The summed E-state index contributed by atoms with van der Waals surface area (Å²) in [5.74, 6) is 2.43. The standard InChI is InChI=1S/C15H20N4/c1-4-11(2)16-14-10-15(18-12(3)17-14)19-13-8-6-5-7-9-13/h5-11H,4H2,1-3H3,(H2,16,17,18,19). The van der Waals surface area contributed by atoms with Gasteiger partial charge >= 0.3 is 0 Å². The van der Waals surface area contributed by atoms with Crippen LogP contribution in [0.2, 0.25) is 0 Å². The molecule has 1 heterocycles. The summed E-state index contributed by atoms with van der Waals surface area (Å²) in [6, 6.07) is 12.3. The van der Waals surface area contributed by atoms with Gasteiger partial charge in [0.05, 0.1) is 0 Å². The van der Waals surface area contributed by atoms with Crippen LogP contribution in [-0.2, 0) is 0 Å². The topological polar surface area (TPSA) is 49.8 Å². The highest BCUT2D eigenvalue weighted by atomic mass is 15.1. The molecule has 0 radical (unpaired) electrons. The van der Waals surface area contributed by atoms with Gasteiger partial charge in [-0.05, 0) is 32.4 Å². The Bertz CT molecular complexity index is 525. The lowest BCUT2D eigenvalue weighted by atomic mass is 10.2. The molecule has 4 heteroatoms. The van der Waals surface area contributed by atoms with Crippen molar-refractivity contribution in [2.24, 2.45) is 0 Å². The fourth-order valence-electron chi connectivity index (χ4n) is 1.73. The number of rotatable bonds is 5. The van der Waals surface area contributed by atoms with Gasteiger partial charge in [-0.2, -0.15) is 0 Å². The van der Waals surface area contributed by atoms with Crippen LogP contribution in [0.25, 0.3) is 0 Å². The molecule has 0 aliphatic rings. The minimum Gasteiger partial charge on any atom is -0.367 e. The summed E-state index contributed by atoms with van der Waals surface area (Å²) >= 11 is 0. The van der Waals surface area contributed by atoms with Crippen LogP contribution in [0.4, 0.5) is 17.3 Å². The number of benzene rings is 1. The predicted molar refractivity (Wildman–Crippen MR) is 79.9 cm³/mol. The molecular formula is C15H20N4. The van der Waals surface area contributed by atoms with Crippen LogP contribution in [0.5, 0.6) is 0 Å². The van der Waals surface area contributed by atoms with Crippen molar-refractivity contribution < 1.29 is 0 Å². The van der Waals surface area contributed by atoms with E-state index in [1.165, 1.54) is 0 Å². The van der Waals surface area contributed by atoms with E-state index < -0.39 is 0 Å². The molecule has 2 N–H and O–H groups in total. The van der Waals surface area contributed by atoms with E-state index in [9.17, 15) is 0 Å². The highest BCUT2D eigenvalue weighted by Gasteiger charge is 2.04. The van der Waals surface area contributed by atoms with E-state index in [1.54, 1.807) is 0 Å². The maximum absolute atomic E-state index is 4.40. The van der Waals surface area contributed by atoms with Crippen LogP contribution in [0.1, 0.15) is 26.1 Å². The first kappa shape index (κ1) is 13.3. The third-order valence-corrected chi connectivity index (χ3v) is 2.89. The van der Waals surface area contributed by atoms with E-state index in [0.29, 0.717) is 6.04 Å². The van der Waals surface area contributed by atoms with E-state index in [1.807, 2.05) is 43.3 Å². The fraction of sp³-hybridized carbons (Fsp3) is 0.333. The van der Waals surface area contributed by atoms with Crippen LogP contribution in [0, 0.1) is 6.92 Å². The second-order valence-corrected chi connectivity index (χ2v) is 4.63. The SMILES string of the molecule is CCC(C)Nc1cc(Nc2ccccc2)nc(C)n1. The van der Waals surface area contributed by atoms with Crippen molar-refractivity contribution in [1.29, 1.82) is 0 Å². The zero-order valence-corrected chi connectivity index (χ0v) is 11.6. The number of aryl methyl sites for hydroxylation is 1. The van der Waals surface area contributed by atoms with E-state index in [0.717, 1.165) is 29.6 Å². The van der Waals surface area contributed by atoms with Gasteiger partial charge in [0.2, 0.25) is 0 Å². The zero-order valence-electron chi connectivity index (χ0n) is 11.6. The van der Waals surface area contributed by atoms with Crippen LogP contribution in [-0.4, -0.2) is 16.0 Å². The first-order chi connectivity index (χ1) is 9.17. The van der Waals surface area contributed by atoms with Crippen LogP contribution in [0.15, 0.2) is 36.4 Å². The molecule has 1 aromatic heterocycles. The predicted octanol–water partition coefficient (Wildman–Crippen LogP) is 3.74. The number of hydrogen-bond donors (Lipinski definition) is 2. The number of nitrogens with one attached hydrogen (secondary N) is 2. The third-order valence-electron chi connectivity index (χ3n) is 2.89. The second kappa shape index (κ2) is 6.18. The first-order valence-electron chi connectivity index (χ1n) is 6.61. The smallest absolute Gasteiger partial charge is 0.136 e. The molecule has 2 aromatic rings. The van der Waals surface area contributed by atoms with E-state index >= 15 is 0 Å². The minimum absolute atomic E-state index is 0.402. The Morgan fingerprint density at radius 1 is 1.11 bits per heavy atom. The van der Waals surface area contributed by atoms with Crippen molar-refractivity contribution in [2.45, 2.75) is 33.2 Å². The zero-order chi connectivity index (χ0) is 13.7. The van der Waals surface area contributed by atoms with Crippen molar-refractivity contribution in [2.75, 3.05) is 10.6 Å². The number of aromatic nitrogens is 2. The molecule has 0 fully saturated rings. The summed E-state index contributed by atoms with van der Waals surface area (Å²) in [6.45, 7) is 6.19. The second-order valence-electron chi connectivity index (χ2n) is 4.63. The van der Waals surface area contributed by atoms with E-state index in [-0.39, 0.29) is 0 Å². The average molecular weight is 256 g/mol. The molecule has 0 aliphatic carbocycles. The van der Waals surface area contributed by atoms with Crippen molar-refractivity contribution >= 4 is 17.3 Å². The minimum atomic E-state index is 0.402. The summed E-state index contributed by atoms with van der Waals surface area (Å²) in [5.41, 5.74) is 1.02. The lowest BCUT2D eigenvalue weighted by molar-refractivity contribution is 0.757. The molecule has 19 heavy (non-hydrogen) atoms. The Morgan fingerprint density at radius 3 is 2.47 bits per heavy atom. The number of para-hydroxylation sites is 1. The van der Waals surface area contributed by atoms with Crippen LogP contribution in [0.3, 0.4) is 0 Å². The summed E-state index contributed by atoms with van der Waals surface area (Å²) in [4.78, 5) is 8.80. The van der Waals surface area contributed by atoms with Gasteiger partial charge in [0.1, 0.15) is 17.5 Å². The van der Waals surface area contributed by atoms with Crippen molar-refractivity contribution in [3.63, 3.8) is 0 Å². The molecule has 4 nitrogen and oxygen atoms in total. The van der Waals surface area contributed by atoms with Gasteiger partial charge in [-0.25, -0.2) is 9.97 Å². The largest absolute Gasteiger partial charge is 0.367 e. The summed E-state index contributed by atoms with van der Waals surface area (Å²) in [5, 5.41) is 6.65. The fourth-order valence-corrected chi connectivity index (χ4v) is 1.73. The Morgan fingerprint density at radius 2 is 1.79 bits per heavy atom. The summed E-state index contributed by atoms with van der Waals surface area (Å²) in [7, 11) is 0. The van der Waals surface area contributed by atoms with Gasteiger partial charge in [0.15, 0.2) is 0 Å². The lowest BCUT2D eigenvalue weighted by Gasteiger charge is -2.14. The monoisotopic (exact) mass is 256 g/mol. The molecule has 100 valence electrons. The molecule has 2 rings (SSSR count). The molecule has 1 unspecified atom stereocenters. The van der Waals surface area contributed by atoms with Crippen molar-refractivity contribution in [3.8, 4) is 0 Å². The van der Waals surface area contributed by atoms with Gasteiger partial charge in [0.25, 0.3) is 0 Å². The molecule has 1 aromatic carbocycles. The van der Waals surface area contributed by atoms with Crippen LogP contribution < -0.4 is 10.6 Å². The maximum Gasteiger partial charge on any atom is 0.136 e. The number of nitrogens with zero attached hydrogens (tertiary/aromatic N) is 2. The van der Waals surface area contributed by atoms with Gasteiger partial charge in [-0.3, -0.25) is 0 Å². The molecule has 0 saturated heterocycles. The van der Waals surface area contributed by atoms with Gasteiger partial charge in [-0.15, -0.1) is 0 Å². The highest BCUT2D eigenvalue weighted by molar-refractivity contribution is 5.59. The van der Waals surface area contributed by atoms with Gasteiger partial charge < -0.3 is 10.6 Å². The highest BCUT2D eigenvalue weighted by Crippen LogP contribution is 2.17. The van der Waals surface area contributed by atoms with E-state index in [2.05, 4.69) is 34.4 Å². The lowest BCUT2D eigenvalue weighted by Crippen LogP contribution is -2.15. The quantitative estimate of drug-likeness (QED) is 0.855.